The van der Waals surface area contributed by atoms with Crippen molar-refractivity contribution >= 4 is 46.3 Å². The lowest BCUT2D eigenvalue weighted by atomic mass is 10.9. The van der Waals surface area contributed by atoms with Gasteiger partial charge in [0.15, 0.2) is 9.84 Å². The number of sulfone groups is 1. The Kier molecular flexibility index (Phi) is 14.3. The summed E-state index contributed by atoms with van der Waals surface area (Å²) in [6.07, 6.45) is 0. The van der Waals surface area contributed by atoms with Crippen molar-refractivity contribution in [3.8, 4) is 0 Å². The van der Waals surface area contributed by atoms with Crippen LogP contribution in [0.15, 0.2) is 0 Å². The van der Waals surface area contributed by atoms with Gasteiger partial charge in [-0.25, -0.2) is 8.42 Å². The van der Waals surface area contributed by atoms with Gasteiger partial charge in [0, 0.05) is 5.88 Å². The first-order chi connectivity index (χ1) is 4.12. The van der Waals surface area contributed by atoms with E-state index in [9.17, 15) is 8.42 Å². The summed E-state index contributed by atoms with van der Waals surface area (Å²) in [4.78, 5) is 0. The second-order valence-electron chi connectivity index (χ2n) is 1.56. The van der Waals surface area contributed by atoms with Crippen LogP contribution in [0.5, 0.6) is 0 Å². The van der Waals surface area contributed by atoms with Gasteiger partial charge in [0.2, 0.25) is 0 Å². The van der Waals surface area contributed by atoms with Gasteiger partial charge >= 0.3 is 0 Å². The highest BCUT2D eigenvalue weighted by Crippen LogP contribution is 1.89. The zero-order valence-electron chi connectivity index (χ0n) is 5.69. The molecule has 0 spiro atoms. The molecule has 0 aliphatic rings. The smallest absolute Gasteiger partial charge is 0.153 e. The first kappa shape index (κ1) is 17.8. The molecule has 0 unspecified atom stereocenters. The summed E-state index contributed by atoms with van der Waals surface area (Å²) in [6.45, 7) is -0.320. The highest BCUT2D eigenvalue weighted by Gasteiger charge is 2.06. The van der Waals surface area contributed by atoms with Crippen LogP contribution in [0.1, 0.15) is 0 Å². The Labute approximate surface area is 83.9 Å². The average molecular weight is 246 g/mol. The van der Waals surface area contributed by atoms with Crippen molar-refractivity contribution < 1.29 is 13.5 Å². The standard InChI is InChI=1S/C4H9ClO3S.2ClH/c5-1-3-9(7,8)4-2-6;;/h6H,1-4H2;2*1H. The van der Waals surface area contributed by atoms with E-state index in [-0.39, 0.29) is 48.8 Å². The summed E-state index contributed by atoms with van der Waals surface area (Å²) in [5.41, 5.74) is 0. The van der Waals surface area contributed by atoms with E-state index in [0.717, 1.165) is 0 Å². The number of rotatable bonds is 4. The molecule has 11 heavy (non-hydrogen) atoms. The quantitative estimate of drug-likeness (QED) is 0.733. The lowest BCUT2D eigenvalue weighted by Gasteiger charge is -1.95. The van der Waals surface area contributed by atoms with Gasteiger partial charge in [-0.3, -0.25) is 0 Å². The summed E-state index contributed by atoms with van der Waals surface area (Å²) in [5.74, 6) is -0.128. The summed E-state index contributed by atoms with van der Waals surface area (Å²) in [7, 11) is -3.06. The Hall–Kier alpha value is 0.780. The van der Waals surface area contributed by atoms with E-state index in [1.165, 1.54) is 0 Å². The van der Waals surface area contributed by atoms with Gasteiger partial charge in [-0.15, -0.1) is 36.4 Å². The Morgan fingerprint density at radius 2 is 1.64 bits per heavy atom. The second-order valence-corrected chi connectivity index (χ2v) is 4.25. The van der Waals surface area contributed by atoms with E-state index in [1.54, 1.807) is 0 Å². The average Bonchev–Trinajstić information content (AvgIpc) is 1.64. The fraction of sp³-hybridized carbons (Fsp3) is 1.00. The van der Waals surface area contributed by atoms with Crippen LogP contribution in [0.4, 0.5) is 0 Å². The van der Waals surface area contributed by atoms with E-state index in [4.69, 9.17) is 16.7 Å². The van der Waals surface area contributed by atoms with Crippen LogP contribution in [0.3, 0.4) is 0 Å². The molecule has 0 aliphatic carbocycles. The molecule has 0 aliphatic heterocycles. The van der Waals surface area contributed by atoms with Crippen molar-refractivity contribution in [1.29, 1.82) is 0 Å². The number of hydrogen-bond donors (Lipinski definition) is 1. The second kappa shape index (κ2) is 8.87. The van der Waals surface area contributed by atoms with Crippen molar-refractivity contribution in [1.82, 2.24) is 0 Å². The molecule has 0 rings (SSSR count). The van der Waals surface area contributed by atoms with Gasteiger partial charge in [-0.05, 0) is 0 Å². The lowest BCUT2D eigenvalue weighted by Crippen LogP contribution is -2.14. The highest BCUT2D eigenvalue weighted by atomic mass is 35.5. The highest BCUT2D eigenvalue weighted by molar-refractivity contribution is 7.91. The Morgan fingerprint density at radius 1 is 1.18 bits per heavy atom. The van der Waals surface area contributed by atoms with Crippen LogP contribution < -0.4 is 0 Å². The molecule has 0 amide bonds. The zero-order chi connectivity index (χ0) is 7.33. The van der Waals surface area contributed by atoms with E-state index in [2.05, 4.69) is 0 Å². The number of halogens is 3. The van der Waals surface area contributed by atoms with Crippen LogP contribution in [0.25, 0.3) is 0 Å². The van der Waals surface area contributed by atoms with Gasteiger partial charge < -0.3 is 5.11 Å². The topological polar surface area (TPSA) is 54.4 Å². The molecule has 0 saturated heterocycles. The number of hydrogen-bond acceptors (Lipinski definition) is 3. The van der Waals surface area contributed by atoms with Crippen molar-refractivity contribution in [2.24, 2.45) is 0 Å². The van der Waals surface area contributed by atoms with E-state index < -0.39 is 9.84 Å². The molecule has 0 saturated carbocycles. The fourth-order valence-corrected chi connectivity index (χ4v) is 1.78. The van der Waals surface area contributed by atoms with Gasteiger partial charge in [0.25, 0.3) is 0 Å². The predicted octanol–water partition coefficient (Wildman–Crippen LogP) is 0.476. The van der Waals surface area contributed by atoms with Crippen LogP contribution in [0.2, 0.25) is 0 Å². The van der Waals surface area contributed by atoms with Crippen LogP contribution in [-0.4, -0.2) is 37.5 Å². The van der Waals surface area contributed by atoms with Crippen molar-refractivity contribution in [2.45, 2.75) is 0 Å². The summed E-state index contributed by atoms with van der Waals surface area (Å²) >= 11 is 5.16. The molecular weight excluding hydrogens is 234 g/mol. The fourth-order valence-electron chi connectivity index (χ4n) is 0.359. The minimum Gasteiger partial charge on any atom is -0.395 e. The van der Waals surface area contributed by atoms with Gasteiger partial charge in [-0.1, -0.05) is 0 Å². The van der Waals surface area contributed by atoms with E-state index >= 15 is 0 Å². The SMILES string of the molecule is Cl.Cl.O=S(=O)(CCO)CCCl. The number of aliphatic hydroxyl groups is 1. The Bertz CT molecular complexity index is 144. The molecule has 0 aromatic heterocycles. The number of alkyl halides is 1. The molecule has 0 aromatic carbocycles. The maximum atomic E-state index is 10.6. The first-order valence-corrected chi connectivity index (χ1v) is 4.85. The maximum absolute atomic E-state index is 10.6. The molecule has 7 heteroatoms. The summed E-state index contributed by atoms with van der Waals surface area (Å²) < 4.78 is 21.2. The minimum absolute atomic E-state index is 0. The molecule has 0 atom stereocenters. The minimum atomic E-state index is -3.06. The van der Waals surface area contributed by atoms with Gasteiger partial charge in [0.1, 0.15) is 0 Å². The lowest BCUT2D eigenvalue weighted by molar-refractivity contribution is 0.319. The predicted molar refractivity (Wildman–Crippen MR) is 51.0 cm³/mol. The maximum Gasteiger partial charge on any atom is 0.153 e. The Morgan fingerprint density at radius 3 is 1.91 bits per heavy atom. The molecule has 1 N–H and O–H groups in total. The molecule has 0 fully saturated rings. The molecule has 0 heterocycles. The summed E-state index contributed by atoms with van der Waals surface area (Å²) in [6, 6.07) is 0. The Balaban J connectivity index is -0.000000320. The normalized spacial score (nSPS) is 9.64. The molecule has 0 aromatic rings. The summed E-state index contributed by atoms with van der Waals surface area (Å²) in [5, 5.41) is 8.21. The number of aliphatic hydroxyl groups excluding tert-OH is 1. The van der Waals surface area contributed by atoms with Crippen LogP contribution in [-0.2, 0) is 9.84 Å². The largest absolute Gasteiger partial charge is 0.395 e. The monoisotopic (exact) mass is 244 g/mol. The molecule has 72 valence electrons. The van der Waals surface area contributed by atoms with Gasteiger partial charge in [-0.2, -0.15) is 0 Å². The van der Waals surface area contributed by atoms with Crippen LogP contribution >= 0.6 is 36.4 Å². The van der Waals surface area contributed by atoms with Crippen molar-refractivity contribution in [2.75, 3.05) is 24.0 Å². The van der Waals surface area contributed by atoms with E-state index in [0.29, 0.717) is 0 Å². The third kappa shape index (κ3) is 10.8. The zero-order valence-corrected chi connectivity index (χ0v) is 8.90. The van der Waals surface area contributed by atoms with Crippen molar-refractivity contribution in [3.05, 3.63) is 0 Å². The molecule has 3 nitrogen and oxygen atoms in total. The third-order valence-electron chi connectivity index (χ3n) is 0.790. The van der Waals surface area contributed by atoms with Crippen LogP contribution in [0, 0.1) is 0 Å². The molecule has 0 radical (unpaired) electrons. The molecular formula is C4H11Cl3O3S. The van der Waals surface area contributed by atoms with Crippen molar-refractivity contribution in [3.63, 3.8) is 0 Å². The van der Waals surface area contributed by atoms with E-state index in [1.807, 2.05) is 0 Å². The third-order valence-corrected chi connectivity index (χ3v) is 2.83. The van der Waals surface area contributed by atoms with Gasteiger partial charge in [0.05, 0.1) is 18.1 Å². The molecule has 0 bridgehead atoms. The first-order valence-electron chi connectivity index (χ1n) is 2.49.